The number of rotatable bonds is 8. The van der Waals surface area contributed by atoms with E-state index in [2.05, 4.69) is 15.9 Å². The normalized spacial score (nSPS) is 16.0. The Morgan fingerprint density at radius 2 is 1.92 bits per heavy atom. The minimum absolute atomic E-state index is 0.0285. The van der Waals surface area contributed by atoms with E-state index in [1.165, 1.54) is 12.1 Å². The molecule has 0 radical (unpaired) electrons. The minimum atomic E-state index is -4.63. The molecule has 0 aliphatic heterocycles. The Labute approximate surface area is 160 Å². The predicted octanol–water partition coefficient (Wildman–Crippen LogP) is 3.94. The highest BCUT2D eigenvalue weighted by Gasteiger charge is 2.48. The lowest BCUT2D eigenvalue weighted by Crippen LogP contribution is -2.31. The third kappa shape index (κ3) is 3.70. The van der Waals surface area contributed by atoms with Crippen LogP contribution in [0.2, 0.25) is 0 Å². The summed E-state index contributed by atoms with van der Waals surface area (Å²) in [5.74, 6) is -2.79. The molecular weight excluding hydrogens is 421 g/mol. The summed E-state index contributed by atoms with van der Waals surface area (Å²) in [6.07, 6.45) is 1.57. The number of nitrogens with zero attached hydrogens (tertiary/aromatic N) is 1. The maximum atomic E-state index is 13.0. The molecular formula is C18H21BrNO5P. The topological polar surface area (TPSA) is 115 Å². The Morgan fingerprint density at radius 3 is 2.35 bits per heavy atom. The van der Waals surface area contributed by atoms with Gasteiger partial charge in [-0.1, -0.05) is 29.8 Å². The number of halogens is 1. The summed E-state index contributed by atoms with van der Waals surface area (Å²) in [6.45, 7) is 3.30. The van der Waals surface area contributed by atoms with E-state index in [-0.39, 0.29) is 29.9 Å². The summed E-state index contributed by atoms with van der Waals surface area (Å²) in [5, 5.41) is 7.82. The van der Waals surface area contributed by atoms with E-state index in [0.29, 0.717) is 17.3 Å². The third-order valence-corrected chi connectivity index (χ3v) is 7.61. The van der Waals surface area contributed by atoms with Gasteiger partial charge in [-0.3, -0.25) is 14.2 Å². The van der Waals surface area contributed by atoms with Gasteiger partial charge in [-0.2, -0.15) is 5.26 Å². The number of nitriles is 1. The molecule has 1 saturated carbocycles. The number of Topliss-reactive ketones (excluding diaryl/α,β-unsaturated/α-hetero) is 2. The van der Waals surface area contributed by atoms with Gasteiger partial charge in [-0.15, -0.1) is 0 Å². The standard InChI is InChI=1S/C18H21BrNO5P/c1-3-18(4-2,26(23,24)25)15-9-12(19)7-8-13(15)17(22)14(10-20)16(21)11-5-6-11/h7-9,11,14H,3-6H2,1-2H3,(H2,23,24,25). The Kier molecular flexibility index (Phi) is 6.24. The maximum Gasteiger partial charge on any atom is 0.335 e. The summed E-state index contributed by atoms with van der Waals surface area (Å²) in [7, 11) is -4.63. The fraction of sp³-hybridized carbons (Fsp3) is 0.500. The molecule has 2 N–H and O–H groups in total. The molecule has 26 heavy (non-hydrogen) atoms. The second kappa shape index (κ2) is 7.74. The number of carbonyl (C=O) groups is 2. The predicted molar refractivity (Wildman–Crippen MR) is 99.6 cm³/mol. The summed E-state index contributed by atoms with van der Waals surface area (Å²) < 4.78 is 12.9. The summed E-state index contributed by atoms with van der Waals surface area (Å²) in [5.41, 5.74) is 0.208. The van der Waals surface area contributed by atoms with Crippen molar-refractivity contribution in [3.05, 3.63) is 33.8 Å². The molecule has 1 fully saturated rings. The van der Waals surface area contributed by atoms with E-state index in [1.54, 1.807) is 26.0 Å². The molecule has 0 spiro atoms. The van der Waals surface area contributed by atoms with Crippen molar-refractivity contribution in [2.45, 2.75) is 44.7 Å². The van der Waals surface area contributed by atoms with Gasteiger partial charge in [0, 0.05) is 16.0 Å². The highest BCUT2D eigenvalue weighted by Crippen LogP contribution is 2.61. The first-order valence-corrected chi connectivity index (χ1v) is 10.9. The van der Waals surface area contributed by atoms with Gasteiger partial charge in [0.05, 0.1) is 11.2 Å². The molecule has 0 heterocycles. The molecule has 6 nitrogen and oxygen atoms in total. The number of ketones is 2. The van der Waals surface area contributed by atoms with Gasteiger partial charge in [0.1, 0.15) is 0 Å². The molecule has 0 amide bonds. The van der Waals surface area contributed by atoms with Crippen LogP contribution >= 0.6 is 23.5 Å². The monoisotopic (exact) mass is 441 g/mol. The molecule has 1 aromatic rings. The van der Waals surface area contributed by atoms with Crippen molar-refractivity contribution in [1.82, 2.24) is 0 Å². The van der Waals surface area contributed by atoms with Crippen LogP contribution in [0.25, 0.3) is 0 Å². The van der Waals surface area contributed by atoms with Crippen LogP contribution in [0.4, 0.5) is 0 Å². The largest absolute Gasteiger partial charge is 0.335 e. The maximum absolute atomic E-state index is 13.0. The van der Waals surface area contributed by atoms with Crippen molar-refractivity contribution >= 4 is 35.1 Å². The van der Waals surface area contributed by atoms with Gasteiger partial charge in [-0.05, 0) is 49.4 Å². The van der Waals surface area contributed by atoms with Crippen molar-refractivity contribution < 1.29 is 23.9 Å². The summed E-state index contributed by atoms with van der Waals surface area (Å²) >= 11 is 3.28. The van der Waals surface area contributed by atoms with Crippen molar-refractivity contribution in [3.8, 4) is 6.07 Å². The van der Waals surface area contributed by atoms with Crippen molar-refractivity contribution in [3.63, 3.8) is 0 Å². The first-order chi connectivity index (χ1) is 12.1. The molecule has 1 atom stereocenters. The van der Waals surface area contributed by atoms with Crippen LogP contribution in [0.15, 0.2) is 22.7 Å². The van der Waals surface area contributed by atoms with E-state index >= 15 is 0 Å². The molecule has 2 rings (SSSR count). The van der Waals surface area contributed by atoms with E-state index < -0.39 is 30.2 Å². The SMILES string of the molecule is CCC(CC)(c1cc(Br)ccc1C(=O)C(C#N)C(=O)C1CC1)P(=O)(O)O. The fourth-order valence-electron chi connectivity index (χ4n) is 3.33. The van der Waals surface area contributed by atoms with E-state index in [0.717, 1.165) is 0 Å². The number of benzene rings is 1. The quantitative estimate of drug-likeness (QED) is 0.358. The molecule has 1 aliphatic carbocycles. The van der Waals surface area contributed by atoms with Crippen molar-refractivity contribution in [1.29, 1.82) is 5.26 Å². The number of hydrogen-bond donors (Lipinski definition) is 2. The second-order valence-electron chi connectivity index (χ2n) is 6.58. The average molecular weight is 442 g/mol. The van der Waals surface area contributed by atoms with Crippen LogP contribution in [-0.2, 0) is 14.5 Å². The van der Waals surface area contributed by atoms with Crippen LogP contribution in [-0.4, -0.2) is 21.4 Å². The fourth-order valence-corrected chi connectivity index (χ4v) is 5.01. The molecule has 0 bridgehead atoms. The lowest BCUT2D eigenvalue weighted by Gasteiger charge is -2.34. The van der Waals surface area contributed by atoms with Crippen LogP contribution in [0, 0.1) is 23.2 Å². The van der Waals surface area contributed by atoms with E-state index in [9.17, 15) is 29.2 Å². The Bertz CT molecular complexity index is 817. The van der Waals surface area contributed by atoms with Crippen molar-refractivity contribution in [2.75, 3.05) is 0 Å². The van der Waals surface area contributed by atoms with Crippen LogP contribution in [0.3, 0.4) is 0 Å². The van der Waals surface area contributed by atoms with Crippen LogP contribution in [0.5, 0.6) is 0 Å². The third-order valence-electron chi connectivity index (χ3n) is 5.13. The molecule has 1 aliphatic rings. The second-order valence-corrected chi connectivity index (χ2v) is 9.44. The lowest BCUT2D eigenvalue weighted by atomic mass is 9.83. The lowest BCUT2D eigenvalue weighted by molar-refractivity contribution is -0.121. The van der Waals surface area contributed by atoms with Gasteiger partial charge >= 0.3 is 7.60 Å². The smallest absolute Gasteiger partial charge is 0.324 e. The Balaban J connectivity index is 2.64. The van der Waals surface area contributed by atoms with Gasteiger partial charge < -0.3 is 9.79 Å². The average Bonchev–Trinajstić information content (AvgIpc) is 3.40. The minimum Gasteiger partial charge on any atom is -0.324 e. The zero-order valence-corrected chi connectivity index (χ0v) is 17.1. The number of carbonyl (C=O) groups excluding carboxylic acids is 2. The van der Waals surface area contributed by atoms with Gasteiger partial charge in [0.25, 0.3) is 0 Å². The highest BCUT2D eigenvalue weighted by molar-refractivity contribution is 9.10. The Morgan fingerprint density at radius 1 is 1.35 bits per heavy atom. The zero-order valence-electron chi connectivity index (χ0n) is 14.6. The van der Waals surface area contributed by atoms with Gasteiger partial charge in [0.2, 0.25) is 0 Å². The molecule has 0 aromatic heterocycles. The van der Waals surface area contributed by atoms with Crippen LogP contribution in [0.1, 0.15) is 55.5 Å². The summed E-state index contributed by atoms with van der Waals surface area (Å²) in [6, 6.07) is 6.30. The first-order valence-electron chi connectivity index (χ1n) is 8.46. The molecule has 1 unspecified atom stereocenters. The van der Waals surface area contributed by atoms with Crippen LogP contribution < -0.4 is 0 Å². The highest BCUT2D eigenvalue weighted by atomic mass is 79.9. The molecule has 0 saturated heterocycles. The number of hydrogen-bond acceptors (Lipinski definition) is 4. The Hall–Kier alpha value is -1.32. The molecule has 1 aromatic carbocycles. The molecule has 140 valence electrons. The van der Waals surface area contributed by atoms with E-state index in [4.69, 9.17) is 0 Å². The zero-order chi connectivity index (χ0) is 19.7. The first kappa shape index (κ1) is 21.0. The van der Waals surface area contributed by atoms with E-state index in [1.807, 2.05) is 0 Å². The van der Waals surface area contributed by atoms with Gasteiger partial charge in [-0.25, -0.2) is 0 Å². The molecule has 8 heteroatoms. The van der Waals surface area contributed by atoms with Crippen molar-refractivity contribution in [2.24, 2.45) is 11.8 Å². The summed E-state index contributed by atoms with van der Waals surface area (Å²) in [4.78, 5) is 45.4. The van der Waals surface area contributed by atoms with Gasteiger partial charge in [0.15, 0.2) is 17.5 Å².